The maximum atomic E-state index is 12.4. The van der Waals surface area contributed by atoms with Gasteiger partial charge in [0, 0.05) is 15.9 Å². The monoisotopic (exact) mass is 223 g/mol. The average Bonchev–Trinajstić information content (AvgIpc) is 2.64. The largest absolute Gasteiger partial charge is 0.317 e. The van der Waals surface area contributed by atoms with E-state index in [1.54, 1.807) is 11.3 Å². The van der Waals surface area contributed by atoms with Crippen molar-refractivity contribution >= 4 is 17.1 Å². The molecule has 0 atom stereocenters. The number of aryl methyl sites for hydroxylation is 1. The number of hydrogen-bond donors (Lipinski definition) is 1. The Balaban J connectivity index is 2.23. The number of thiophene rings is 1. The summed E-state index contributed by atoms with van der Waals surface area (Å²) in [5.41, 5.74) is 0.793. The SMILES string of the molecule is Cc1sccc1C(=O)C1(C)CCNCC1. The summed E-state index contributed by atoms with van der Waals surface area (Å²) < 4.78 is 0. The van der Waals surface area contributed by atoms with E-state index in [0.29, 0.717) is 5.78 Å². The normalized spacial score (nSPS) is 20.1. The molecule has 0 aromatic carbocycles. The molecule has 0 saturated carbocycles. The average molecular weight is 223 g/mol. The summed E-state index contributed by atoms with van der Waals surface area (Å²) in [6, 6.07) is 1.97. The van der Waals surface area contributed by atoms with Gasteiger partial charge in [-0.1, -0.05) is 6.92 Å². The number of hydrogen-bond acceptors (Lipinski definition) is 3. The zero-order chi connectivity index (χ0) is 10.9. The molecule has 15 heavy (non-hydrogen) atoms. The van der Waals surface area contributed by atoms with Gasteiger partial charge in [0.1, 0.15) is 0 Å². The Labute approximate surface area is 94.7 Å². The lowest BCUT2D eigenvalue weighted by Crippen LogP contribution is -2.40. The lowest BCUT2D eigenvalue weighted by Gasteiger charge is -2.32. The second-order valence-electron chi connectivity index (χ2n) is 4.53. The van der Waals surface area contributed by atoms with Crippen molar-refractivity contribution in [2.24, 2.45) is 5.41 Å². The van der Waals surface area contributed by atoms with Crippen molar-refractivity contribution in [1.82, 2.24) is 5.32 Å². The van der Waals surface area contributed by atoms with Crippen LogP contribution >= 0.6 is 11.3 Å². The molecule has 0 radical (unpaired) electrons. The maximum absolute atomic E-state index is 12.4. The molecule has 0 spiro atoms. The third-order valence-corrected chi connectivity index (χ3v) is 4.20. The number of carbonyl (C=O) groups is 1. The maximum Gasteiger partial charge on any atom is 0.169 e. The van der Waals surface area contributed by atoms with Gasteiger partial charge in [-0.25, -0.2) is 0 Å². The zero-order valence-corrected chi connectivity index (χ0v) is 10.1. The second-order valence-corrected chi connectivity index (χ2v) is 5.65. The quantitative estimate of drug-likeness (QED) is 0.781. The van der Waals surface area contributed by atoms with E-state index in [0.717, 1.165) is 36.4 Å². The van der Waals surface area contributed by atoms with Gasteiger partial charge in [0.2, 0.25) is 0 Å². The smallest absolute Gasteiger partial charge is 0.169 e. The molecule has 1 aliphatic rings. The predicted molar refractivity (Wildman–Crippen MR) is 63.6 cm³/mol. The van der Waals surface area contributed by atoms with E-state index < -0.39 is 0 Å². The first-order valence-electron chi connectivity index (χ1n) is 5.43. The molecule has 1 N–H and O–H groups in total. The minimum atomic E-state index is -0.142. The molecule has 82 valence electrons. The lowest BCUT2D eigenvalue weighted by atomic mass is 9.75. The first kappa shape index (κ1) is 10.8. The molecule has 2 heterocycles. The molecule has 0 bridgehead atoms. The lowest BCUT2D eigenvalue weighted by molar-refractivity contribution is 0.0762. The van der Waals surface area contributed by atoms with Gasteiger partial charge in [-0.3, -0.25) is 4.79 Å². The number of nitrogens with one attached hydrogen (secondary N) is 1. The molecule has 2 rings (SSSR count). The van der Waals surface area contributed by atoms with Gasteiger partial charge in [0.25, 0.3) is 0 Å². The molecular weight excluding hydrogens is 206 g/mol. The van der Waals surface area contributed by atoms with Crippen molar-refractivity contribution in [1.29, 1.82) is 0 Å². The predicted octanol–water partition coefficient (Wildman–Crippen LogP) is 2.63. The van der Waals surface area contributed by atoms with Gasteiger partial charge in [0.15, 0.2) is 5.78 Å². The van der Waals surface area contributed by atoms with Crippen LogP contribution in [0.5, 0.6) is 0 Å². The topological polar surface area (TPSA) is 29.1 Å². The highest BCUT2D eigenvalue weighted by Gasteiger charge is 2.35. The highest BCUT2D eigenvalue weighted by molar-refractivity contribution is 7.10. The Morgan fingerprint density at radius 2 is 2.13 bits per heavy atom. The molecule has 0 aliphatic carbocycles. The second kappa shape index (κ2) is 4.06. The Morgan fingerprint density at radius 3 is 2.67 bits per heavy atom. The number of ketones is 1. The van der Waals surface area contributed by atoms with Crippen LogP contribution in [0.4, 0.5) is 0 Å². The summed E-state index contributed by atoms with van der Waals surface area (Å²) in [5, 5.41) is 5.31. The minimum absolute atomic E-state index is 0.142. The van der Waals surface area contributed by atoms with Crippen LogP contribution in [0.1, 0.15) is 35.0 Å². The number of rotatable bonds is 2. The Hall–Kier alpha value is -0.670. The van der Waals surface area contributed by atoms with Crippen LogP contribution in [0.3, 0.4) is 0 Å². The summed E-state index contributed by atoms with van der Waals surface area (Å²) in [7, 11) is 0. The van der Waals surface area contributed by atoms with Crippen molar-refractivity contribution in [3.8, 4) is 0 Å². The Bertz CT molecular complexity index is 363. The van der Waals surface area contributed by atoms with Gasteiger partial charge >= 0.3 is 0 Å². The van der Waals surface area contributed by atoms with E-state index in [1.165, 1.54) is 0 Å². The molecular formula is C12H17NOS. The van der Waals surface area contributed by atoms with Crippen molar-refractivity contribution in [2.75, 3.05) is 13.1 Å². The summed E-state index contributed by atoms with van der Waals surface area (Å²) >= 11 is 1.66. The molecule has 1 aliphatic heterocycles. The van der Waals surface area contributed by atoms with E-state index in [4.69, 9.17) is 0 Å². The Morgan fingerprint density at radius 1 is 1.47 bits per heavy atom. The fourth-order valence-electron chi connectivity index (χ4n) is 2.15. The van der Waals surface area contributed by atoms with Crippen LogP contribution in [0.15, 0.2) is 11.4 Å². The van der Waals surface area contributed by atoms with Gasteiger partial charge in [-0.05, 0) is 44.3 Å². The van der Waals surface area contributed by atoms with Gasteiger partial charge in [-0.2, -0.15) is 0 Å². The van der Waals surface area contributed by atoms with Gasteiger partial charge in [0.05, 0.1) is 0 Å². The zero-order valence-electron chi connectivity index (χ0n) is 9.30. The highest BCUT2D eigenvalue weighted by Crippen LogP contribution is 2.34. The van der Waals surface area contributed by atoms with Crippen molar-refractivity contribution in [3.05, 3.63) is 21.9 Å². The summed E-state index contributed by atoms with van der Waals surface area (Å²) in [6.45, 7) is 6.06. The van der Waals surface area contributed by atoms with Crippen molar-refractivity contribution in [2.45, 2.75) is 26.7 Å². The first-order valence-corrected chi connectivity index (χ1v) is 6.31. The summed E-state index contributed by atoms with van der Waals surface area (Å²) in [6.07, 6.45) is 1.92. The molecule has 2 nitrogen and oxygen atoms in total. The Kier molecular flexibility index (Phi) is 2.94. The molecule has 0 unspecified atom stereocenters. The van der Waals surface area contributed by atoms with E-state index in [1.807, 2.05) is 18.4 Å². The third kappa shape index (κ3) is 1.99. The fourth-order valence-corrected chi connectivity index (χ4v) is 2.85. The first-order chi connectivity index (χ1) is 7.13. The van der Waals surface area contributed by atoms with Crippen LogP contribution < -0.4 is 5.32 Å². The molecule has 3 heteroatoms. The van der Waals surface area contributed by atoms with Crippen LogP contribution in [0.25, 0.3) is 0 Å². The summed E-state index contributed by atoms with van der Waals surface area (Å²) in [5.74, 6) is 0.336. The molecule has 1 aromatic rings. The van der Waals surface area contributed by atoms with E-state index in [9.17, 15) is 4.79 Å². The van der Waals surface area contributed by atoms with Crippen molar-refractivity contribution < 1.29 is 4.79 Å². The van der Waals surface area contributed by atoms with Gasteiger partial charge < -0.3 is 5.32 Å². The molecule has 1 saturated heterocycles. The number of piperidine rings is 1. The molecule has 1 fully saturated rings. The minimum Gasteiger partial charge on any atom is -0.317 e. The standard InChI is InChI=1S/C12H17NOS/c1-9-10(3-8-15-9)11(14)12(2)4-6-13-7-5-12/h3,8,13H,4-7H2,1-2H3. The van der Waals surface area contributed by atoms with Crippen LogP contribution in [-0.2, 0) is 0 Å². The van der Waals surface area contributed by atoms with Crippen LogP contribution in [0, 0.1) is 12.3 Å². The van der Waals surface area contributed by atoms with Gasteiger partial charge in [-0.15, -0.1) is 11.3 Å². The van der Waals surface area contributed by atoms with E-state index in [2.05, 4.69) is 12.2 Å². The number of carbonyl (C=O) groups excluding carboxylic acids is 1. The number of Topliss-reactive ketones (excluding diaryl/α,β-unsaturated/α-hetero) is 1. The van der Waals surface area contributed by atoms with E-state index in [-0.39, 0.29) is 5.41 Å². The van der Waals surface area contributed by atoms with Crippen molar-refractivity contribution in [3.63, 3.8) is 0 Å². The highest BCUT2D eigenvalue weighted by atomic mass is 32.1. The third-order valence-electron chi connectivity index (χ3n) is 3.36. The summed E-state index contributed by atoms with van der Waals surface area (Å²) in [4.78, 5) is 13.5. The van der Waals surface area contributed by atoms with E-state index >= 15 is 0 Å². The molecule has 1 aromatic heterocycles. The van der Waals surface area contributed by atoms with Crippen LogP contribution in [0.2, 0.25) is 0 Å². The van der Waals surface area contributed by atoms with Crippen LogP contribution in [-0.4, -0.2) is 18.9 Å². The fraction of sp³-hybridized carbons (Fsp3) is 0.583. The molecule has 0 amide bonds.